The zero-order chi connectivity index (χ0) is 16.1. The van der Waals surface area contributed by atoms with Crippen LogP contribution in [0.15, 0.2) is 42.5 Å². The molecule has 116 valence electrons. The van der Waals surface area contributed by atoms with Crippen LogP contribution in [-0.2, 0) is 6.42 Å². The third kappa shape index (κ3) is 3.80. The van der Waals surface area contributed by atoms with E-state index in [1.807, 2.05) is 19.1 Å². The number of hydrogen-bond donors (Lipinski definition) is 1. The summed E-state index contributed by atoms with van der Waals surface area (Å²) in [5, 5.41) is 3.40. The van der Waals surface area contributed by atoms with E-state index in [9.17, 15) is 4.79 Å². The molecule has 1 amide bonds. The molecule has 0 bridgehead atoms. The van der Waals surface area contributed by atoms with E-state index in [2.05, 4.69) is 24.4 Å². The van der Waals surface area contributed by atoms with Gasteiger partial charge >= 0.3 is 0 Å². The molecule has 0 heterocycles. The largest absolute Gasteiger partial charge is 0.495 e. The van der Waals surface area contributed by atoms with Gasteiger partial charge in [-0.3, -0.25) is 4.79 Å². The molecule has 0 aromatic heterocycles. The number of carbonyl (C=O) groups excluding carboxylic acids is 1. The summed E-state index contributed by atoms with van der Waals surface area (Å²) in [6.07, 6.45) is 1.01. The zero-order valence-corrected chi connectivity index (χ0v) is 13.8. The second-order valence-electron chi connectivity index (χ2n) is 5.14. The van der Waals surface area contributed by atoms with E-state index in [1.54, 1.807) is 25.3 Å². The molecule has 2 rings (SSSR count). The van der Waals surface area contributed by atoms with Gasteiger partial charge in [0.05, 0.1) is 18.2 Å². The third-order valence-electron chi connectivity index (χ3n) is 3.65. The van der Waals surface area contributed by atoms with Gasteiger partial charge in [0.2, 0.25) is 0 Å². The Labute approximate surface area is 136 Å². The Kier molecular flexibility index (Phi) is 5.45. The van der Waals surface area contributed by atoms with Crippen LogP contribution in [0, 0.1) is 0 Å². The number of nitrogens with one attached hydrogen (secondary N) is 1. The molecule has 0 aliphatic rings. The first-order valence-corrected chi connectivity index (χ1v) is 7.66. The molecule has 2 aromatic rings. The van der Waals surface area contributed by atoms with Crippen molar-refractivity contribution >= 4 is 17.5 Å². The minimum Gasteiger partial charge on any atom is -0.495 e. The molecular weight excluding hydrogens is 298 g/mol. The van der Waals surface area contributed by atoms with Gasteiger partial charge < -0.3 is 10.1 Å². The Balaban J connectivity index is 2.08. The van der Waals surface area contributed by atoms with Gasteiger partial charge in [-0.15, -0.1) is 0 Å². The molecule has 22 heavy (non-hydrogen) atoms. The minimum atomic E-state index is -0.156. The summed E-state index contributed by atoms with van der Waals surface area (Å²) in [7, 11) is 1.54. The minimum absolute atomic E-state index is 0.0701. The van der Waals surface area contributed by atoms with Gasteiger partial charge in [0.1, 0.15) is 5.75 Å². The quantitative estimate of drug-likeness (QED) is 0.887. The summed E-state index contributed by atoms with van der Waals surface area (Å²) in [5.74, 6) is 0.401. The molecule has 0 aliphatic carbocycles. The number of amides is 1. The molecule has 1 unspecified atom stereocenters. The van der Waals surface area contributed by atoms with Gasteiger partial charge in [-0.2, -0.15) is 0 Å². The highest BCUT2D eigenvalue weighted by molar-refractivity contribution is 6.32. The standard InChI is InChI=1S/C18H20ClNO2/c1-4-13-5-7-14(8-6-13)12(2)20-18(21)15-9-10-17(22-3)16(19)11-15/h5-12H,4H2,1-3H3,(H,20,21). The summed E-state index contributed by atoms with van der Waals surface area (Å²) >= 11 is 6.06. The van der Waals surface area contributed by atoms with Crippen LogP contribution in [0.4, 0.5) is 0 Å². The van der Waals surface area contributed by atoms with Crippen molar-refractivity contribution in [2.45, 2.75) is 26.3 Å². The summed E-state index contributed by atoms with van der Waals surface area (Å²) in [6.45, 7) is 4.08. The van der Waals surface area contributed by atoms with E-state index >= 15 is 0 Å². The van der Waals surface area contributed by atoms with Gasteiger partial charge in [-0.25, -0.2) is 0 Å². The first kappa shape index (κ1) is 16.4. The summed E-state index contributed by atoms with van der Waals surface area (Å²) < 4.78 is 5.09. The van der Waals surface area contributed by atoms with Crippen LogP contribution >= 0.6 is 11.6 Å². The Morgan fingerprint density at radius 1 is 1.23 bits per heavy atom. The zero-order valence-electron chi connectivity index (χ0n) is 13.0. The fourth-order valence-corrected chi connectivity index (χ4v) is 2.47. The first-order valence-electron chi connectivity index (χ1n) is 7.28. The summed E-state index contributed by atoms with van der Waals surface area (Å²) in [5.41, 5.74) is 2.87. The molecule has 0 fully saturated rings. The van der Waals surface area contributed by atoms with E-state index in [-0.39, 0.29) is 11.9 Å². The van der Waals surface area contributed by atoms with Crippen molar-refractivity contribution in [2.75, 3.05) is 7.11 Å². The number of benzene rings is 2. The number of halogens is 1. The highest BCUT2D eigenvalue weighted by Crippen LogP contribution is 2.25. The average Bonchev–Trinajstić information content (AvgIpc) is 2.54. The fraction of sp³-hybridized carbons (Fsp3) is 0.278. The number of carbonyl (C=O) groups is 1. The topological polar surface area (TPSA) is 38.3 Å². The second-order valence-corrected chi connectivity index (χ2v) is 5.55. The lowest BCUT2D eigenvalue weighted by Crippen LogP contribution is -2.26. The normalized spacial score (nSPS) is 11.8. The number of aryl methyl sites for hydroxylation is 1. The Morgan fingerprint density at radius 2 is 1.91 bits per heavy atom. The SMILES string of the molecule is CCc1ccc(C(C)NC(=O)c2ccc(OC)c(Cl)c2)cc1. The number of methoxy groups -OCH3 is 1. The third-order valence-corrected chi connectivity index (χ3v) is 3.94. The van der Waals surface area contributed by atoms with Crippen molar-refractivity contribution < 1.29 is 9.53 Å². The number of rotatable bonds is 5. The van der Waals surface area contributed by atoms with Crippen LogP contribution in [0.1, 0.15) is 41.4 Å². The molecule has 0 saturated carbocycles. The average molecular weight is 318 g/mol. The smallest absolute Gasteiger partial charge is 0.251 e. The van der Waals surface area contributed by atoms with Crippen LogP contribution in [-0.4, -0.2) is 13.0 Å². The molecule has 0 spiro atoms. The predicted molar refractivity (Wildman–Crippen MR) is 89.7 cm³/mol. The Hall–Kier alpha value is -2.00. The van der Waals surface area contributed by atoms with Crippen molar-refractivity contribution in [3.05, 3.63) is 64.2 Å². The lowest BCUT2D eigenvalue weighted by atomic mass is 10.0. The predicted octanol–water partition coefficient (Wildman–Crippen LogP) is 4.40. The van der Waals surface area contributed by atoms with Gasteiger partial charge in [-0.1, -0.05) is 42.8 Å². The van der Waals surface area contributed by atoms with Crippen molar-refractivity contribution in [1.29, 1.82) is 0 Å². The monoisotopic (exact) mass is 317 g/mol. The highest BCUT2D eigenvalue weighted by atomic mass is 35.5. The van der Waals surface area contributed by atoms with Crippen LogP contribution in [0.2, 0.25) is 5.02 Å². The molecule has 1 N–H and O–H groups in total. The maximum Gasteiger partial charge on any atom is 0.251 e. The van der Waals surface area contributed by atoms with Crippen molar-refractivity contribution in [2.24, 2.45) is 0 Å². The van der Waals surface area contributed by atoms with E-state index in [1.165, 1.54) is 5.56 Å². The maximum atomic E-state index is 12.3. The van der Waals surface area contributed by atoms with Gasteiger partial charge in [0, 0.05) is 5.56 Å². The van der Waals surface area contributed by atoms with Crippen molar-refractivity contribution in [3.63, 3.8) is 0 Å². The van der Waals surface area contributed by atoms with Crippen molar-refractivity contribution in [3.8, 4) is 5.75 Å². The molecule has 0 radical (unpaired) electrons. The van der Waals surface area contributed by atoms with Gasteiger partial charge in [0.15, 0.2) is 0 Å². The molecule has 2 aromatic carbocycles. The van der Waals surface area contributed by atoms with E-state index < -0.39 is 0 Å². The van der Waals surface area contributed by atoms with E-state index in [0.717, 1.165) is 12.0 Å². The molecule has 4 heteroatoms. The number of hydrogen-bond acceptors (Lipinski definition) is 2. The molecular formula is C18H20ClNO2. The highest BCUT2D eigenvalue weighted by Gasteiger charge is 2.13. The first-order chi connectivity index (χ1) is 10.5. The van der Waals surface area contributed by atoms with Gasteiger partial charge in [0.25, 0.3) is 5.91 Å². The summed E-state index contributed by atoms with van der Waals surface area (Å²) in [4.78, 5) is 12.3. The second kappa shape index (κ2) is 7.32. The molecule has 0 saturated heterocycles. The van der Waals surface area contributed by atoms with Crippen LogP contribution in [0.25, 0.3) is 0 Å². The molecule has 0 aliphatic heterocycles. The van der Waals surface area contributed by atoms with Gasteiger partial charge in [-0.05, 0) is 42.7 Å². The van der Waals surface area contributed by atoms with Crippen LogP contribution < -0.4 is 10.1 Å². The lowest BCUT2D eigenvalue weighted by Gasteiger charge is -2.15. The lowest BCUT2D eigenvalue weighted by molar-refractivity contribution is 0.0940. The summed E-state index contributed by atoms with van der Waals surface area (Å²) in [6, 6.07) is 13.2. The molecule has 1 atom stereocenters. The molecule has 3 nitrogen and oxygen atoms in total. The van der Waals surface area contributed by atoms with Crippen LogP contribution in [0.3, 0.4) is 0 Å². The van der Waals surface area contributed by atoms with E-state index in [0.29, 0.717) is 16.3 Å². The Morgan fingerprint density at radius 3 is 2.45 bits per heavy atom. The number of ether oxygens (including phenoxy) is 1. The van der Waals surface area contributed by atoms with Crippen LogP contribution in [0.5, 0.6) is 5.75 Å². The van der Waals surface area contributed by atoms with Crippen molar-refractivity contribution in [1.82, 2.24) is 5.32 Å². The maximum absolute atomic E-state index is 12.3. The fourth-order valence-electron chi connectivity index (χ4n) is 2.21. The van der Waals surface area contributed by atoms with E-state index in [4.69, 9.17) is 16.3 Å². The Bertz CT molecular complexity index is 653.